The van der Waals surface area contributed by atoms with Gasteiger partial charge in [-0.2, -0.15) is 5.10 Å². The number of H-pyrrole nitrogens is 1. The lowest BCUT2D eigenvalue weighted by atomic mass is 9.94. The number of carbonyl (C=O) groups is 1. The quantitative estimate of drug-likeness (QED) is 0.846. The highest BCUT2D eigenvalue weighted by molar-refractivity contribution is 5.79. The maximum Gasteiger partial charge on any atom is 0.343 e. The largest absolute Gasteiger partial charge is 0.343 e. The first-order valence-corrected chi connectivity index (χ1v) is 7.93. The maximum atomic E-state index is 14.0. The fourth-order valence-corrected chi connectivity index (χ4v) is 3.56. The Hall–Kier alpha value is -2.51. The van der Waals surface area contributed by atoms with Crippen molar-refractivity contribution in [2.24, 2.45) is 5.92 Å². The standard InChI is InChI=1S/C16H16F2N4O2/c17-12-3-1-9-5-6-21(8-11(9)14(12)18)15(23)10-2-4-13-19-20-16(24)22(13)7-10/h1,3,10H,2,4-8H2,(H,20,24). The molecule has 0 fully saturated rings. The molecule has 2 aliphatic rings. The van der Waals surface area contributed by atoms with Gasteiger partial charge in [0.2, 0.25) is 5.91 Å². The Bertz CT molecular complexity index is 873. The predicted octanol–water partition coefficient (Wildman–Crippen LogP) is 0.997. The van der Waals surface area contributed by atoms with E-state index < -0.39 is 11.6 Å². The molecule has 0 radical (unpaired) electrons. The Labute approximate surface area is 136 Å². The summed E-state index contributed by atoms with van der Waals surface area (Å²) in [5.74, 6) is -1.58. The minimum atomic E-state index is -0.893. The summed E-state index contributed by atoms with van der Waals surface area (Å²) in [5.41, 5.74) is 0.682. The Kier molecular flexibility index (Phi) is 3.47. The molecule has 126 valence electrons. The van der Waals surface area contributed by atoms with Crippen molar-refractivity contribution in [2.45, 2.75) is 32.4 Å². The van der Waals surface area contributed by atoms with Crippen molar-refractivity contribution in [3.8, 4) is 0 Å². The number of aromatic amines is 1. The van der Waals surface area contributed by atoms with E-state index in [9.17, 15) is 18.4 Å². The smallest absolute Gasteiger partial charge is 0.338 e. The molecule has 8 heteroatoms. The number of hydrogen-bond donors (Lipinski definition) is 1. The fraction of sp³-hybridized carbons (Fsp3) is 0.438. The van der Waals surface area contributed by atoms with Gasteiger partial charge >= 0.3 is 5.69 Å². The van der Waals surface area contributed by atoms with Crippen LogP contribution in [0.5, 0.6) is 0 Å². The van der Waals surface area contributed by atoms with Crippen molar-refractivity contribution in [1.29, 1.82) is 0 Å². The molecular weight excluding hydrogens is 318 g/mol. The summed E-state index contributed by atoms with van der Waals surface area (Å²) in [4.78, 5) is 26.0. The SMILES string of the molecule is O=C(C1CCc2n[nH]c(=O)n2C1)N1CCc2ccc(F)c(F)c2C1. The highest BCUT2D eigenvalue weighted by Crippen LogP contribution is 2.26. The number of carbonyl (C=O) groups excluding carboxylic acids is 1. The van der Waals surface area contributed by atoms with E-state index in [2.05, 4.69) is 10.2 Å². The van der Waals surface area contributed by atoms with E-state index in [4.69, 9.17) is 0 Å². The summed E-state index contributed by atoms with van der Waals surface area (Å²) in [7, 11) is 0. The Balaban J connectivity index is 1.55. The Morgan fingerprint density at radius 2 is 2.12 bits per heavy atom. The number of hydrogen-bond acceptors (Lipinski definition) is 3. The van der Waals surface area contributed by atoms with Gasteiger partial charge in [-0.3, -0.25) is 9.36 Å². The van der Waals surface area contributed by atoms with Gasteiger partial charge in [0, 0.05) is 31.6 Å². The van der Waals surface area contributed by atoms with Gasteiger partial charge in [0.25, 0.3) is 0 Å². The van der Waals surface area contributed by atoms with Crippen molar-refractivity contribution in [3.63, 3.8) is 0 Å². The lowest BCUT2D eigenvalue weighted by Gasteiger charge is -2.33. The van der Waals surface area contributed by atoms with Crippen LogP contribution in [0.4, 0.5) is 8.78 Å². The number of rotatable bonds is 1. The van der Waals surface area contributed by atoms with Crippen LogP contribution < -0.4 is 5.69 Å². The summed E-state index contributed by atoms with van der Waals surface area (Å²) in [6.45, 7) is 0.820. The van der Waals surface area contributed by atoms with Crippen molar-refractivity contribution < 1.29 is 13.6 Å². The second kappa shape index (κ2) is 5.54. The Morgan fingerprint density at radius 1 is 1.29 bits per heavy atom. The van der Waals surface area contributed by atoms with Crippen LogP contribution in [-0.2, 0) is 30.7 Å². The highest BCUT2D eigenvalue weighted by Gasteiger charge is 2.32. The third-order valence-electron chi connectivity index (χ3n) is 4.91. The number of amides is 1. The zero-order valence-electron chi connectivity index (χ0n) is 12.9. The molecule has 6 nitrogen and oxygen atoms in total. The lowest BCUT2D eigenvalue weighted by molar-refractivity contribution is -0.137. The summed E-state index contributed by atoms with van der Waals surface area (Å²) in [6.07, 6.45) is 1.64. The van der Waals surface area contributed by atoms with Gasteiger partial charge in [-0.25, -0.2) is 18.7 Å². The molecule has 0 aliphatic carbocycles. The Morgan fingerprint density at radius 3 is 2.96 bits per heavy atom. The molecule has 1 atom stereocenters. The number of benzene rings is 1. The number of aromatic nitrogens is 3. The molecule has 4 rings (SSSR count). The predicted molar refractivity (Wildman–Crippen MR) is 80.1 cm³/mol. The van der Waals surface area contributed by atoms with Crippen LogP contribution in [0.25, 0.3) is 0 Å². The number of halogens is 2. The zero-order valence-corrected chi connectivity index (χ0v) is 12.9. The molecule has 3 heterocycles. The molecule has 0 bridgehead atoms. The van der Waals surface area contributed by atoms with E-state index in [-0.39, 0.29) is 36.2 Å². The van der Waals surface area contributed by atoms with Gasteiger partial charge in [0.05, 0.1) is 5.92 Å². The average molecular weight is 334 g/mol. The van der Waals surface area contributed by atoms with Gasteiger partial charge in [-0.15, -0.1) is 0 Å². The lowest BCUT2D eigenvalue weighted by Crippen LogP contribution is -2.43. The van der Waals surface area contributed by atoms with Gasteiger partial charge in [0.1, 0.15) is 5.82 Å². The minimum absolute atomic E-state index is 0.0708. The van der Waals surface area contributed by atoms with E-state index >= 15 is 0 Å². The van der Waals surface area contributed by atoms with Crippen LogP contribution in [0.1, 0.15) is 23.4 Å². The molecule has 1 unspecified atom stereocenters. The first-order chi connectivity index (χ1) is 11.5. The molecule has 1 aromatic carbocycles. The third kappa shape index (κ3) is 2.33. The number of nitrogens with one attached hydrogen (secondary N) is 1. The molecular formula is C16H16F2N4O2. The monoisotopic (exact) mass is 334 g/mol. The van der Waals surface area contributed by atoms with Crippen molar-refractivity contribution in [1.82, 2.24) is 19.7 Å². The van der Waals surface area contributed by atoms with E-state index in [0.29, 0.717) is 31.6 Å². The van der Waals surface area contributed by atoms with Crippen molar-refractivity contribution in [3.05, 3.63) is 51.2 Å². The molecule has 0 spiro atoms. The van der Waals surface area contributed by atoms with Crippen LogP contribution in [0, 0.1) is 17.6 Å². The van der Waals surface area contributed by atoms with Crippen LogP contribution in [-0.4, -0.2) is 32.1 Å². The van der Waals surface area contributed by atoms with Gasteiger partial charge < -0.3 is 4.90 Å². The fourth-order valence-electron chi connectivity index (χ4n) is 3.56. The summed E-state index contributed by atoms with van der Waals surface area (Å²) in [6, 6.07) is 2.70. The van der Waals surface area contributed by atoms with Gasteiger partial charge in [-0.05, 0) is 24.5 Å². The van der Waals surface area contributed by atoms with Crippen LogP contribution in [0.15, 0.2) is 16.9 Å². The third-order valence-corrected chi connectivity index (χ3v) is 4.91. The molecule has 0 saturated carbocycles. The minimum Gasteiger partial charge on any atom is -0.338 e. The molecule has 24 heavy (non-hydrogen) atoms. The highest BCUT2D eigenvalue weighted by atomic mass is 19.2. The summed E-state index contributed by atoms with van der Waals surface area (Å²) in [5, 5.41) is 6.31. The zero-order chi connectivity index (χ0) is 16.8. The normalized spacial score (nSPS) is 19.8. The van der Waals surface area contributed by atoms with Crippen LogP contribution in [0.3, 0.4) is 0 Å². The average Bonchev–Trinajstić information content (AvgIpc) is 2.98. The molecule has 0 saturated heterocycles. The van der Waals surface area contributed by atoms with Crippen LogP contribution >= 0.6 is 0 Å². The molecule has 2 aromatic rings. The van der Waals surface area contributed by atoms with E-state index in [1.165, 1.54) is 4.57 Å². The summed E-state index contributed by atoms with van der Waals surface area (Å²) < 4.78 is 28.9. The second-order valence-electron chi connectivity index (χ2n) is 6.30. The molecule has 1 N–H and O–H groups in total. The summed E-state index contributed by atoms with van der Waals surface area (Å²) >= 11 is 0. The van der Waals surface area contributed by atoms with Gasteiger partial charge in [-0.1, -0.05) is 6.07 Å². The molecule has 1 amide bonds. The number of fused-ring (bicyclic) bond motifs is 2. The first-order valence-electron chi connectivity index (χ1n) is 7.93. The second-order valence-corrected chi connectivity index (χ2v) is 6.30. The van der Waals surface area contributed by atoms with E-state index in [0.717, 1.165) is 11.6 Å². The topological polar surface area (TPSA) is 71.0 Å². The maximum absolute atomic E-state index is 14.0. The number of aryl methyl sites for hydroxylation is 1. The van der Waals surface area contributed by atoms with Crippen LogP contribution in [0.2, 0.25) is 0 Å². The molecule has 2 aliphatic heterocycles. The van der Waals surface area contributed by atoms with E-state index in [1.54, 1.807) is 11.0 Å². The molecule has 1 aromatic heterocycles. The number of nitrogens with zero attached hydrogens (tertiary/aromatic N) is 3. The first kappa shape index (κ1) is 15.0. The van der Waals surface area contributed by atoms with Gasteiger partial charge in [0.15, 0.2) is 11.6 Å². The van der Waals surface area contributed by atoms with Crippen molar-refractivity contribution in [2.75, 3.05) is 6.54 Å². The van der Waals surface area contributed by atoms with E-state index in [1.807, 2.05) is 0 Å². The van der Waals surface area contributed by atoms with Crippen molar-refractivity contribution >= 4 is 5.91 Å².